The molecule has 2 N–H and O–H groups in total. The number of carboxylic acids is 1. The van der Waals surface area contributed by atoms with Crippen LogP contribution in [0.5, 0.6) is 0 Å². The zero-order valence-corrected chi connectivity index (χ0v) is 10.0. The zero-order valence-electron chi connectivity index (χ0n) is 10.0. The molecule has 0 saturated carbocycles. The average Bonchev–Trinajstić information content (AvgIpc) is 2.28. The molecule has 17 heavy (non-hydrogen) atoms. The van der Waals surface area contributed by atoms with E-state index < -0.39 is 5.97 Å². The predicted molar refractivity (Wildman–Crippen MR) is 63.3 cm³/mol. The van der Waals surface area contributed by atoms with Crippen molar-refractivity contribution in [2.45, 2.75) is 6.92 Å². The Morgan fingerprint density at radius 1 is 1.53 bits per heavy atom. The van der Waals surface area contributed by atoms with Gasteiger partial charge in [-0.15, -0.1) is 0 Å². The monoisotopic (exact) mass is 237 g/mol. The molecule has 1 rings (SSSR count). The summed E-state index contributed by atoms with van der Waals surface area (Å²) in [5.74, 6) is -0.546. The number of carbonyl (C=O) groups excluding carboxylic acids is 1. The lowest BCUT2D eigenvalue weighted by atomic mass is 10.2. The van der Waals surface area contributed by atoms with Crippen LogP contribution in [0.25, 0.3) is 0 Å². The van der Waals surface area contributed by atoms with Gasteiger partial charge in [-0.25, -0.2) is 9.78 Å². The maximum Gasteiger partial charge on any atom is 0.337 e. The number of aryl methyl sites for hydroxylation is 1. The number of likely N-dealkylation sites (N-methyl/N-ethyl adjacent to an activating group) is 2. The first kappa shape index (κ1) is 13.0. The molecule has 1 heterocycles. The minimum absolute atomic E-state index is 0.129. The number of pyridine rings is 1. The van der Waals surface area contributed by atoms with E-state index in [1.807, 2.05) is 0 Å². The van der Waals surface area contributed by atoms with Gasteiger partial charge in [-0.1, -0.05) is 0 Å². The van der Waals surface area contributed by atoms with Crippen LogP contribution in [0, 0.1) is 6.92 Å². The molecule has 0 aliphatic carbocycles. The maximum absolute atomic E-state index is 11.2. The largest absolute Gasteiger partial charge is 0.478 e. The highest BCUT2D eigenvalue weighted by atomic mass is 16.4. The Kier molecular flexibility index (Phi) is 4.03. The van der Waals surface area contributed by atoms with Crippen molar-refractivity contribution in [2.24, 2.45) is 0 Å². The smallest absolute Gasteiger partial charge is 0.337 e. The van der Waals surface area contributed by atoms with E-state index in [1.54, 1.807) is 25.9 Å². The summed E-state index contributed by atoms with van der Waals surface area (Å²) in [5, 5.41) is 11.3. The number of hydrogen-bond acceptors (Lipinski definition) is 4. The van der Waals surface area contributed by atoms with E-state index in [0.29, 0.717) is 5.82 Å². The molecular formula is C11H15N3O3. The van der Waals surface area contributed by atoms with Gasteiger partial charge >= 0.3 is 5.97 Å². The van der Waals surface area contributed by atoms with Crippen molar-refractivity contribution >= 4 is 17.7 Å². The van der Waals surface area contributed by atoms with Crippen molar-refractivity contribution in [1.29, 1.82) is 0 Å². The number of carbonyl (C=O) groups is 2. The Morgan fingerprint density at radius 3 is 2.65 bits per heavy atom. The summed E-state index contributed by atoms with van der Waals surface area (Å²) in [6.45, 7) is 1.94. The molecule has 6 nitrogen and oxygen atoms in total. The van der Waals surface area contributed by atoms with Gasteiger partial charge in [-0.05, 0) is 18.6 Å². The van der Waals surface area contributed by atoms with Gasteiger partial charge in [0.25, 0.3) is 0 Å². The SMILES string of the molecule is CNC(=O)CN(C)c1ncc(C(=O)O)cc1C. The molecule has 0 spiro atoms. The highest BCUT2D eigenvalue weighted by molar-refractivity contribution is 5.88. The van der Waals surface area contributed by atoms with Crippen molar-refractivity contribution in [3.63, 3.8) is 0 Å². The third-order valence-corrected chi connectivity index (χ3v) is 2.32. The molecule has 0 atom stereocenters. The first-order valence-corrected chi connectivity index (χ1v) is 5.07. The van der Waals surface area contributed by atoms with Crippen molar-refractivity contribution in [2.75, 3.05) is 25.5 Å². The Morgan fingerprint density at radius 2 is 2.18 bits per heavy atom. The molecule has 0 aliphatic rings. The summed E-state index contributed by atoms with van der Waals surface area (Å²) in [4.78, 5) is 27.7. The van der Waals surface area contributed by atoms with Crippen LogP contribution >= 0.6 is 0 Å². The summed E-state index contributed by atoms with van der Waals surface area (Å²) in [6, 6.07) is 1.53. The summed E-state index contributed by atoms with van der Waals surface area (Å²) in [5.41, 5.74) is 0.857. The minimum Gasteiger partial charge on any atom is -0.478 e. The second kappa shape index (κ2) is 5.29. The van der Waals surface area contributed by atoms with Crippen LogP contribution in [-0.4, -0.2) is 42.6 Å². The predicted octanol–water partition coefficient (Wildman–Crippen LogP) is 0.270. The lowest BCUT2D eigenvalue weighted by Crippen LogP contribution is -2.33. The number of nitrogens with zero attached hydrogens (tertiary/aromatic N) is 2. The van der Waals surface area contributed by atoms with E-state index in [2.05, 4.69) is 10.3 Å². The molecule has 0 bridgehead atoms. The summed E-state index contributed by atoms with van der Waals surface area (Å²) in [7, 11) is 3.29. The van der Waals surface area contributed by atoms with Crippen LogP contribution in [0.3, 0.4) is 0 Å². The summed E-state index contributed by atoms with van der Waals surface area (Å²) >= 11 is 0. The fourth-order valence-corrected chi connectivity index (χ4v) is 1.45. The van der Waals surface area contributed by atoms with Gasteiger partial charge in [0, 0.05) is 20.3 Å². The standard InChI is InChI=1S/C11H15N3O3/c1-7-4-8(11(16)17)5-13-10(7)14(3)6-9(15)12-2/h4-5H,6H2,1-3H3,(H,12,15)(H,16,17). The molecular weight excluding hydrogens is 222 g/mol. The Hall–Kier alpha value is -2.11. The van der Waals surface area contributed by atoms with Gasteiger partial charge in [0.15, 0.2) is 0 Å². The lowest BCUT2D eigenvalue weighted by Gasteiger charge is -2.19. The number of aromatic nitrogens is 1. The van der Waals surface area contributed by atoms with Gasteiger partial charge in [0.2, 0.25) is 5.91 Å². The number of anilines is 1. The normalized spacial score (nSPS) is 9.82. The van der Waals surface area contributed by atoms with Crippen molar-refractivity contribution < 1.29 is 14.7 Å². The second-order valence-corrected chi connectivity index (χ2v) is 3.70. The second-order valence-electron chi connectivity index (χ2n) is 3.70. The van der Waals surface area contributed by atoms with Gasteiger partial charge in [0.05, 0.1) is 12.1 Å². The molecule has 1 aromatic rings. The van der Waals surface area contributed by atoms with Gasteiger partial charge in [-0.2, -0.15) is 0 Å². The molecule has 1 aromatic heterocycles. The van der Waals surface area contributed by atoms with E-state index in [1.165, 1.54) is 12.3 Å². The van der Waals surface area contributed by atoms with Crippen molar-refractivity contribution in [1.82, 2.24) is 10.3 Å². The quantitative estimate of drug-likeness (QED) is 0.785. The number of aromatic carboxylic acids is 1. The number of carboxylic acid groups (broad SMARTS) is 1. The van der Waals surface area contributed by atoms with Gasteiger partial charge < -0.3 is 15.3 Å². The molecule has 0 aliphatic heterocycles. The number of hydrogen-bond donors (Lipinski definition) is 2. The highest BCUT2D eigenvalue weighted by Gasteiger charge is 2.12. The maximum atomic E-state index is 11.2. The molecule has 0 aromatic carbocycles. The van der Waals surface area contributed by atoms with Crippen molar-refractivity contribution in [3.8, 4) is 0 Å². The van der Waals surface area contributed by atoms with Gasteiger partial charge in [-0.3, -0.25) is 4.79 Å². The number of nitrogens with one attached hydrogen (secondary N) is 1. The molecule has 6 heteroatoms. The van der Waals surface area contributed by atoms with E-state index in [9.17, 15) is 9.59 Å². The fourth-order valence-electron chi connectivity index (χ4n) is 1.45. The molecule has 0 saturated heterocycles. The van der Waals surface area contributed by atoms with E-state index in [0.717, 1.165) is 5.56 Å². The molecule has 0 fully saturated rings. The molecule has 0 radical (unpaired) electrons. The van der Waals surface area contributed by atoms with Gasteiger partial charge in [0.1, 0.15) is 5.82 Å². The van der Waals surface area contributed by atoms with Crippen LogP contribution in [-0.2, 0) is 4.79 Å². The van der Waals surface area contributed by atoms with Crippen LogP contribution in [0.2, 0.25) is 0 Å². The molecule has 0 unspecified atom stereocenters. The van der Waals surface area contributed by atoms with E-state index in [4.69, 9.17) is 5.11 Å². The lowest BCUT2D eigenvalue weighted by molar-refractivity contribution is -0.119. The van der Waals surface area contributed by atoms with Crippen LogP contribution in [0.1, 0.15) is 15.9 Å². The van der Waals surface area contributed by atoms with Crippen molar-refractivity contribution in [3.05, 3.63) is 23.4 Å². The highest BCUT2D eigenvalue weighted by Crippen LogP contribution is 2.16. The third kappa shape index (κ3) is 3.17. The summed E-state index contributed by atoms with van der Waals surface area (Å²) < 4.78 is 0. The number of amides is 1. The topological polar surface area (TPSA) is 82.5 Å². The number of rotatable bonds is 4. The Labute approximate surface area is 99.3 Å². The van der Waals surface area contributed by atoms with Crippen LogP contribution < -0.4 is 10.2 Å². The summed E-state index contributed by atoms with van der Waals surface area (Å²) in [6.07, 6.45) is 1.28. The van der Waals surface area contributed by atoms with Crippen LogP contribution in [0.15, 0.2) is 12.3 Å². The Bertz CT molecular complexity index is 446. The minimum atomic E-state index is -1.01. The average molecular weight is 237 g/mol. The first-order chi connectivity index (χ1) is 7.95. The molecule has 1 amide bonds. The van der Waals surface area contributed by atoms with Crippen LogP contribution in [0.4, 0.5) is 5.82 Å². The first-order valence-electron chi connectivity index (χ1n) is 5.07. The van der Waals surface area contributed by atoms with E-state index >= 15 is 0 Å². The zero-order chi connectivity index (χ0) is 13.0. The Balaban J connectivity index is 2.92. The molecule has 92 valence electrons. The fraction of sp³-hybridized carbons (Fsp3) is 0.364. The third-order valence-electron chi connectivity index (χ3n) is 2.32. The van der Waals surface area contributed by atoms with E-state index in [-0.39, 0.29) is 18.0 Å².